The lowest BCUT2D eigenvalue weighted by atomic mass is 10.1. The molecule has 3 heteroatoms. The molecule has 0 aromatic rings. The molecule has 1 aliphatic carbocycles. The first kappa shape index (κ1) is 10.4. The first-order chi connectivity index (χ1) is 6.68. The van der Waals surface area contributed by atoms with Crippen molar-refractivity contribution in [3.05, 3.63) is 0 Å². The average molecular weight is 198 g/mol. The molecular formula is C11H22N2O. The fraction of sp³-hybridized carbons (Fsp3) is 1.00. The van der Waals surface area contributed by atoms with E-state index in [1.54, 1.807) is 0 Å². The molecule has 0 amide bonds. The van der Waals surface area contributed by atoms with Gasteiger partial charge in [-0.05, 0) is 52.4 Å². The number of rotatable bonds is 2. The largest absolute Gasteiger partial charge is 0.391 e. The van der Waals surface area contributed by atoms with Gasteiger partial charge in [-0.15, -0.1) is 0 Å². The number of hydrogen-bond donors (Lipinski definition) is 1. The molecule has 3 nitrogen and oxygen atoms in total. The van der Waals surface area contributed by atoms with Crippen molar-refractivity contribution in [3.8, 4) is 0 Å². The number of hydrogen-bond acceptors (Lipinski definition) is 3. The highest BCUT2D eigenvalue weighted by Crippen LogP contribution is 2.35. The molecule has 0 bridgehead atoms. The van der Waals surface area contributed by atoms with Crippen LogP contribution in [0, 0.1) is 5.92 Å². The van der Waals surface area contributed by atoms with Crippen LogP contribution in [0.25, 0.3) is 0 Å². The van der Waals surface area contributed by atoms with E-state index in [-0.39, 0.29) is 6.10 Å². The molecule has 2 rings (SSSR count). The molecule has 1 saturated carbocycles. The third-order valence-electron chi connectivity index (χ3n) is 3.61. The Morgan fingerprint density at radius 2 is 1.93 bits per heavy atom. The summed E-state index contributed by atoms with van der Waals surface area (Å²) in [4.78, 5) is 4.69. The third-order valence-corrected chi connectivity index (χ3v) is 3.61. The van der Waals surface area contributed by atoms with Crippen LogP contribution in [0.4, 0.5) is 0 Å². The van der Waals surface area contributed by atoms with E-state index in [0.29, 0.717) is 12.0 Å². The second kappa shape index (κ2) is 4.17. The molecule has 1 saturated heterocycles. The normalized spacial score (nSPS) is 34.1. The highest BCUT2D eigenvalue weighted by molar-refractivity contribution is 4.91. The molecule has 2 fully saturated rings. The van der Waals surface area contributed by atoms with Crippen LogP contribution >= 0.6 is 0 Å². The predicted molar refractivity (Wildman–Crippen MR) is 57.3 cm³/mol. The van der Waals surface area contributed by atoms with E-state index in [9.17, 15) is 5.11 Å². The molecule has 1 heterocycles. The quantitative estimate of drug-likeness (QED) is 0.695. The van der Waals surface area contributed by atoms with Gasteiger partial charge in [0.15, 0.2) is 0 Å². The van der Waals surface area contributed by atoms with E-state index in [2.05, 4.69) is 23.9 Å². The highest BCUT2D eigenvalue weighted by atomic mass is 16.3. The Morgan fingerprint density at radius 3 is 2.57 bits per heavy atom. The molecule has 1 N–H and O–H groups in total. The van der Waals surface area contributed by atoms with Crippen molar-refractivity contribution >= 4 is 0 Å². The van der Waals surface area contributed by atoms with E-state index in [1.165, 1.54) is 19.3 Å². The average Bonchev–Trinajstić information content (AvgIpc) is 2.94. The summed E-state index contributed by atoms with van der Waals surface area (Å²) >= 11 is 0. The zero-order chi connectivity index (χ0) is 10.1. The Balaban J connectivity index is 1.97. The summed E-state index contributed by atoms with van der Waals surface area (Å²) in [6.07, 6.45) is 3.59. The molecule has 2 unspecified atom stereocenters. The molecule has 2 aliphatic rings. The van der Waals surface area contributed by atoms with E-state index >= 15 is 0 Å². The fourth-order valence-corrected chi connectivity index (χ4v) is 2.43. The summed E-state index contributed by atoms with van der Waals surface area (Å²) in [5.41, 5.74) is 0. The van der Waals surface area contributed by atoms with Gasteiger partial charge in [-0.25, -0.2) is 0 Å². The van der Waals surface area contributed by atoms with Crippen LogP contribution < -0.4 is 0 Å². The molecule has 1 aliphatic heterocycles. The molecular weight excluding hydrogens is 176 g/mol. The summed E-state index contributed by atoms with van der Waals surface area (Å²) in [7, 11) is 4.31. The smallest absolute Gasteiger partial charge is 0.0735 e. The van der Waals surface area contributed by atoms with E-state index in [4.69, 9.17) is 0 Å². The maximum atomic E-state index is 10.2. The second-order valence-corrected chi connectivity index (χ2v) is 4.99. The first-order valence-corrected chi connectivity index (χ1v) is 5.75. The fourth-order valence-electron chi connectivity index (χ4n) is 2.43. The topological polar surface area (TPSA) is 26.7 Å². The van der Waals surface area contributed by atoms with Gasteiger partial charge in [-0.1, -0.05) is 0 Å². The number of aliphatic hydroxyl groups excluding tert-OH is 1. The Kier molecular flexibility index (Phi) is 3.10. The lowest BCUT2D eigenvalue weighted by molar-refractivity contribution is 0.0427. The summed E-state index contributed by atoms with van der Waals surface area (Å²) < 4.78 is 0. The van der Waals surface area contributed by atoms with Crippen LogP contribution in [0.1, 0.15) is 19.3 Å². The minimum absolute atomic E-state index is 0.0967. The van der Waals surface area contributed by atoms with Gasteiger partial charge in [0.05, 0.1) is 6.10 Å². The molecule has 0 spiro atoms. The van der Waals surface area contributed by atoms with Gasteiger partial charge in [-0.3, -0.25) is 4.90 Å². The molecule has 0 aromatic carbocycles. The van der Waals surface area contributed by atoms with Gasteiger partial charge in [0.1, 0.15) is 0 Å². The minimum atomic E-state index is -0.0967. The third kappa shape index (κ3) is 2.27. The van der Waals surface area contributed by atoms with E-state index in [0.717, 1.165) is 19.6 Å². The first-order valence-electron chi connectivity index (χ1n) is 5.75. The van der Waals surface area contributed by atoms with Crippen molar-refractivity contribution in [2.45, 2.75) is 31.4 Å². The van der Waals surface area contributed by atoms with Crippen molar-refractivity contribution in [1.29, 1.82) is 0 Å². The van der Waals surface area contributed by atoms with Crippen LogP contribution in [-0.2, 0) is 0 Å². The minimum Gasteiger partial charge on any atom is -0.391 e. The van der Waals surface area contributed by atoms with Crippen molar-refractivity contribution in [1.82, 2.24) is 9.80 Å². The van der Waals surface area contributed by atoms with Crippen molar-refractivity contribution in [2.24, 2.45) is 5.92 Å². The van der Waals surface area contributed by atoms with Crippen LogP contribution in [-0.4, -0.2) is 60.8 Å². The zero-order valence-electron chi connectivity index (χ0n) is 9.32. The lowest BCUT2D eigenvalue weighted by Gasteiger charge is -2.31. The standard InChI is InChI=1S/C11H22N2O/c1-12-6-3-7-13(2)10(8-12)11(14)9-4-5-9/h9-11,14H,3-8H2,1-2H3. The van der Waals surface area contributed by atoms with Gasteiger partial charge in [0, 0.05) is 12.6 Å². The van der Waals surface area contributed by atoms with Crippen LogP contribution in [0.15, 0.2) is 0 Å². The monoisotopic (exact) mass is 198 g/mol. The Hall–Kier alpha value is -0.120. The molecule has 82 valence electrons. The van der Waals surface area contributed by atoms with Gasteiger partial charge < -0.3 is 10.0 Å². The Morgan fingerprint density at radius 1 is 1.21 bits per heavy atom. The summed E-state index contributed by atoms with van der Waals surface area (Å²) in [5.74, 6) is 0.592. The predicted octanol–water partition coefficient (Wildman–Crippen LogP) is 0.393. The van der Waals surface area contributed by atoms with Crippen molar-refractivity contribution < 1.29 is 5.11 Å². The zero-order valence-corrected chi connectivity index (χ0v) is 9.32. The van der Waals surface area contributed by atoms with Gasteiger partial charge >= 0.3 is 0 Å². The number of nitrogens with zero attached hydrogens (tertiary/aromatic N) is 2. The van der Waals surface area contributed by atoms with Gasteiger partial charge in [0.2, 0.25) is 0 Å². The SMILES string of the molecule is CN1CCCN(C)C(C(O)C2CC2)C1. The maximum absolute atomic E-state index is 10.2. The van der Waals surface area contributed by atoms with Crippen molar-refractivity contribution in [2.75, 3.05) is 33.7 Å². The summed E-state index contributed by atoms with van der Waals surface area (Å²) in [6, 6.07) is 0.356. The maximum Gasteiger partial charge on any atom is 0.0735 e. The van der Waals surface area contributed by atoms with Crippen LogP contribution in [0.2, 0.25) is 0 Å². The Bertz CT molecular complexity index is 194. The van der Waals surface area contributed by atoms with E-state index in [1.807, 2.05) is 0 Å². The van der Waals surface area contributed by atoms with Crippen LogP contribution in [0.3, 0.4) is 0 Å². The number of likely N-dealkylation sites (N-methyl/N-ethyl adjacent to an activating group) is 2. The molecule has 0 aromatic heterocycles. The van der Waals surface area contributed by atoms with Gasteiger partial charge in [0.25, 0.3) is 0 Å². The molecule has 2 atom stereocenters. The lowest BCUT2D eigenvalue weighted by Crippen LogP contribution is -2.47. The highest BCUT2D eigenvalue weighted by Gasteiger charge is 2.37. The summed E-state index contributed by atoms with van der Waals surface area (Å²) in [5, 5.41) is 10.2. The molecule has 14 heavy (non-hydrogen) atoms. The van der Waals surface area contributed by atoms with Crippen LogP contribution in [0.5, 0.6) is 0 Å². The number of aliphatic hydroxyl groups is 1. The van der Waals surface area contributed by atoms with E-state index < -0.39 is 0 Å². The second-order valence-electron chi connectivity index (χ2n) is 4.99. The molecule has 0 radical (unpaired) electrons. The summed E-state index contributed by atoms with van der Waals surface area (Å²) in [6.45, 7) is 3.31. The Labute approximate surface area is 86.7 Å². The van der Waals surface area contributed by atoms with Crippen molar-refractivity contribution in [3.63, 3.8) is 0 Å². The van der Waals surface area contributed by atoms with Gasteiger partial charge in [-0.2, -0.15) is 0 Å².